The summed E-state index contributed by atoms with van der Waals surface area (Å²) in [6.45, 7) is 4.52. The first-order valence-corrected chi connectivity index (χ1v) is 10.1. The Labute approximate surface area is 171 Å². The molecule has 29 heavy (non-hydrogen) atoms. The molecule has 6 nitrogen and oxygen atoms in total. The van der Waals surface area contributed by atoms with Crippen molar-refractivity contribution in [2.24, 2.45) is 7.05 Å². The average Bonchev–Trinajstić information content (AvgIpc) is 3.23. The minimum Gasteiger partial charge on any atom is -0.344 e. The molecule has 1 aromatic carbocycles. The van der Waals surface area contributed by atoms with Crippen LogP contribution in [0, 0.1) is 19.7 Å². The van der Waals surface area contributed by atoms with E-state index in [0.29, 0.717) is 12.1 Å². The summed E-state index contributed by atoms with van der Waals surface area (Å²) in [4.78, 5) is 21.4. The van der Waals surface area contributed by atoms with E-state index < -0.39 is 0 Å². The van der Waals surface area contributed by atoms with Crippen molar-refractivity contribution in [2.45, 2.75) is 25.4 Å². The second kappa shape index (κ2) is 7.79. The molecule has 3 aromatic heterocycles. The minimum atomic E-state index is -0.255. The first-order chi connectivity index (χ1) is 13.9. The lowest BCUT2D eigenvalue weighted by Gasteiger charge is -2.10. The molecule has 0 amide bonds. The highest BCUT2D eigenvalue weighted by atomic mass is 32.2. The molecule has 4 rings (SSSR count). The summed E-state index contributed by atoms with van der Waals surface area (Å²) in [7, 11) is 1.82. The standard InChI is InChI=1S/C21H20FN5OS/c1-13-8-17(14(2)27(13)10-15-4-6-16(22)7-5-15)19(28)11-29-21-18-9-25-26(3)20(18)23-12-24-21/h4-9,12H,10-11H2,1-3H3. The van der Waals surface area contributed by atoms with Crippen molar-refractivity contribution in [3.8, 4) is 0 Å². The monoisotopic (exact) mass is 409 g/mol. The molecule has 0 N–H and O–H groups in total. The van der Waals surface area contributed by atoms with E-state index in [2.05, 4.69) is 19.6 Å². The summed E-state index contributed by atoms with van der Waals surface area (Å²) in [5, 5.41) is 5.79. The second-order valence-electron chi connectivity index (χ2n) is 6.89. The van der Waals surface area contributed by atoms with Gasteiger partial charge in [0.25, 0.3) is 0 Å². The Balaban J connectivity index is 1.52. The number of rotatable bonds is 6. The van der Waals surface area contributed by atoms with Crippen LogP contribution >= 0.6 is 11.8 Å². The molecule has 0 aliphatic rings. The Bertz CT molecular complexity index is 1200. The van der Waals surface area contributed by atoms with Crippen molar-refractivity contribution >= 4 is 28.6 Å². The van der Waals surface area contributed by atoms with Gasteiger partial charge in [0.15, 0.2) is 11.4 Å². The maximum absolute atomic E-state index is 13.1. The lowest BCUT2D eigenvalue weighted by atomic mass is 10.2. The van der Waals surface area contributed by atoms with Gasteiger partial charge in [0, 0.05) is 30.5 Å². The van der Waals surface area contributed by atoms with Crippen molar-refractivity contribution in [1.82, 2.24) is 24.3 Å². The van der Waals surface area contributed by atoms with Gasteiger partial charge in [-0.15, -0.1) is 0 Å². The van der Waals surface area contributed by atoms with Crippen LogP contribution in [0.2, 0.25) is 0 Å². The summed E-state index contributed by atoms with van der Waals surface area (Å²) in [5.41, 5.74) is 4.34. The average molecular weight is 409 g/mol. The van der Waals surface area contributed by atoms with Gasteiger partial charge in [-0.25, -0.2) is 14.4 Å². The van der Waals surface area contributed by atoms with Gasteiger partial charge in [-0.3, -0.25) is 9.48 Å². The molecule has 0 saturated heterocycles. The van der Waals surface area contributed by atoms with E-state index in [1.807, 2.05) is 27.0 Å². The van der Waals surface area contributed by atoms with E-state index >= 15 is 0 Å². The summed E-state index contributed by atoms with van der Waals surface area (Å²) < 4.78 is 16.9. The fraction of sp³-hybridized carbons (Fsp3) is 0.238. The van der Waals surface area contributed by atoms with Crippen molar-refractivity contribution in [3.63, 3.8) is 0 Å². The highest BCUT2D eigenvalue weighted by molar-refractivity contribution is 8.00. The van der Waals surface area contributed by atoms with Crippen LogP contribution in [0.15, 0.2) is 47.9 Å². The van der Waals surface area contributed by atoms with Crippen LogP contribution in [0.5, 0.6) is 0 Å². The van der Waals surface area contributed by atoms with Gasteiger partial charge in [0.1, 0.15) is 17.2 Å². The van der Waals surface area contributed by atoms with Crippen molar-refractivity contribution in [1.29, 1.82) is 0 Å². The number of Topliss-reactive ketones (excluding diaryl/α,β-unsaturated/α-hetero) is 1. The van der Waals surface area contributed by atoms with Gasteiger partial charge in [0.2, 0.25) is 0 Å². The fourth-order valence-corrected chi connectivity index (χ4v) is 4.21. The Morgan fingerprint density at radius 1 is 1.17 bits per heavy atom. The van der Waals surface area contributed by atoms with Gasteiger partial charge >= 0.3 is 0 Å². The van der Waals surface area contributed by atoms with E-state index in [1.54, 1.807) is 23.0 Å². The van der Waals surface area contributed by atoms with Gasteiger partial charge in [-0.2, -0.15) is 5.10 Å². The zero-order valence-electron chi connectivity index (χ0n) is 16.4. The van der Waals surface area contributed by atoms with Crippen LogP contribution in [0.4, 0.5) is 4.39 Å². The van der Waals surface area contributed by atoms with E-state index in [0.717, 1.165) is 33.0 Å². The van der Waals surface area contributed by atoms with Gasteiger partial charge in [-0.1, -0.05) is 23.9 Å². The molecular formula is C21H20FN5OS. The SMILES string of the molecule is Cc1cc(C(=O)CSc2ncnc3c2cnn3C)c(C)n1Cc1ccc(F)cc1. The second-order valence-corrected chi connectivity index (χ2v) is 7.86. The molecule has 0 saturated carbocycles. The molecule has 0 aliphatic carbocycles. The third-order valence-electron chi connectivity index (χ3n) is 4.96. The number of benzene rings is 1. The van der Waals surface area contributed by atoms with Crippen LogP contribution in [0.3, 0.4) is 0 Å². The maximum atomic E-state index is 13.1. The third-order valence-corrected chi connectivity index (χ3v) is 5.97. The molecule has 148 valence electrons. The molecule has 4 aromatic rings. The molecule has 8 heteroatoms. The number of hydrogen-bond donors (Lipinski definition) is 0. The molecule has 0 radical (unpaired) electrons. The molecule has 0 bridgehead atoms. The van der Waals surface area contributed by atoms with E-state index in [9.17, 15) is 9.18 Å². The molecule has 0 aliphatic heterocycles. The molecule has 0 unspecified atom stereocenters. The smallest absolute Gasteiger partial charge is 0.174 e. The molecule has 3 heterocycles. The lowest BCUT2D eigenvalue weighted by Crippen LogP contribution is -2.08. The Morgan fingerprint density at radius 3 is 2.69 bits per heavy atom. The first kappa shape index (κ1) is 19.3. The molecule has 0 atom stereocenters. The lowest BCUT2D eigenvalue weighted by molar-refractivity contribution is 0.102. The highest BCUT2D eigenvalue weighted by Gasteiger charge is 2.17. The number of aromatic nitrogens is 5. The van der Waals surface area contributed by atoms with Crippen LogP contribution in [-0.4, -0.2) is 35.9 Å². The van der Waals surface area contributed by atoms with Crippen LogP contribution in [0.25, 0.3) is 11.0 Å². The van der Waals surface area contributed by atoms with Gasteiger partial charge in [0.05, 0.1) is 17.3 Å². The predicted octanol–water partition coefficient (Wildman–Crippen LogP) is 3.94. The van der Waals surface area contributed by atoms with Crippen LogP contribution in [0.1, 0.15) is 27.3 Å². The third kappa shape index (κ3) is 3.80. The Kier molecular flexibility index (Phi) is 5.19. The number of carbonyl (C=O) groups is 1. The summed E-state index contributed by atoms with van der Waals surface area (Å²) >= 11 is 1.39. The predicted molar refractivity (Wildman–Crippen MR) is 111 cm³/mol. The zero-order valence-corrected chi connectivity index (χ0v) is 17.2. The number of nitrogens with zero attached hydrogens (tertiary/aromatic N) is 5. The number of carbonyl (C=O) groups excluding carboxylic acids is 1. The molecule has 0 spiro atoms. The maximum Gasteiger partial charge on any atom is 0.174 e. The largest absolute Gasteiger partial charge is 0.344 e. The molecular weight excluding hydrogens is 389 g/mol. The fourth-order valence-electron chi connectivity index (χ4n) is 3.37. The number of ketones is 1. The highest BCUT2D eigenvalue weighted by Crippen LogP contribution is 2.26. The van der Waals surface area contributed by atoms with E-state index in [-0.39, 0.29) is 17.4 Å². The quantitative estimate of drug-likeness (QED) is 0.274. The number of fused-ring (bicyclic) bond motifs is 1. The van der Waals surface area contributed by atoms with Crippen molar-refractivity contribution in [3.05, 3.63) is 71.2 Å². The van der Waals surface area contributed by atoms with Gasteiger partial charge in [-0.05, 0) is 37.6 Å². The number of aryl methyl sites for hydroxylation is 2. The number of hydrogen-bond acceptors (Lipinski definition) is 5. The van der Waals surface area contributed by atoms with Crippen LogP contribution < -0.4 is 0 Å². The topological polar surface area (TPSA) is 65.6 Å². The van der Waals surface area contributed by atoms with Crippen LogP contribution in [-0.2, 0) is 13.6 Å². The van der Waals surface area contributed by atoms with E-state index in [4.69, 9.17) is 0 Å². The van der Waals surface area contributed by atoms with Crippen molar-refractivity contribution in [2.75, 3.05) is 5.75 Å². The van der Waals surface area contributed by atoms with Gasteiger partial charge < -0.3 is 4.57 Å². The minimum absolute atomic E-state index is 0.0455. The summed E-state index contributed by atoms with van der Waals surface area (Å²) in [6.07, 6.45) is 3.21. The normalized spacial score (nSPS) is 11.3. The zero-order chi connectivity index (χ0) is 20.5. The van der Waals surface area contributed by atoms with Crippen molar-refractivity contribution < 1.29 is 9.18 Å². The Hall–Kier alpha value is -3.00. The van der Waals surface area contributed by atoms with E-state index in [1.165, 1.54) is 30.2 Å². The Morgan fingerprint density at radius 2 is 1.93 bits per heavy atom. The summed E-state index contributed by atoms with van der Waals surface area (Å²) in [5.74, 6) is 0.0705. The molecule has 0 fully saturated rings. The number of halogens is 1. The first-order valence-electron chi connectivity index (χ1n) is 9.14. The number of thioether (sulfide) groups is 1. The summed E-state index contributed by atoms with van der Waals surface area (Å²) in [6, 6.07) is 8.35.